The zero-order chi connectivity index (χ0) is 54.9. The maximum absolute atomic E-state index is 16.9. The van der Waals surface area contributed by atoms with Gasteiger partial charge in [0.15, 0.2) is 0 Å². The van der Waals surface area contributed by atoms with E-state index in [4.69, 9.17) is 14.2 Å². The van der Waals surface area contributed by atoms with E-state index in [1.54, 1.807) is 70.5 Å². The van der Waals surface area contributed by atoms with Crippen LogP contribution in [0.2, 0.25) is 0 Å². The van der Waals surface area contributed by atoms with Crippen molar-refractivity contribution in [2.45, 2.75) is 42.8 Å². The minimum atomic E-state index is -2.13. The van der Waals surface area contributed by atoms with Gasteiger partial charge in [-0.2, -0.15) is 0 Å². The minimum absolute atomic E-state index is 0.00157. The van der Waals surface area contributed by atoms with E-state index in [0.717, 1.165) is 16.0 Å². The number of hydrogen-bond acceptors (Lipinski definition) is 16. The lowest BCUT2D eigenvalue weighted by atomic mass is 9.65. The number of aliphatic hydroxyl groups is 1. The average molecular weight is 1070 g/mol. The van der Waals surface area contributed by atoms with E-state index in [0.29, 0.717) is 52.6 Å². The van der Waals surface area contributed by atoms with E-state index in [2.05, 4.69) is 32.1 Å². The molecule has 4 aliphatic rings. The molecule has 12 rings (SSSR count). The highest BCUT2D eigenvalue weighted by atomic mass is 16.6. The molecule has 0 aliphatic carbocycles. The number of ether oxygens (including phenoxy) is 3. The Morgan fingerprint density at radius 3 is 2.20 bits per heavy atom. The van der Waals surface area contributed by atoms with Gasteiger partial charge in [0.05, 0.1) is 40.7 Å². The van der Waals surface area contributed by atoms with E-state index in [-0.39, 0.29) is 56.4 Å². The average Bonchev–Trinajstić information content (AvgIpc) is 2.17. The quantitative estimate of drug-likeness (QED) is 0.0568. The number of aliphatic hydroxyl groups excluding tert-OH is 1. The van der Waals surface area contributed by atoms with Crippen LogP contribution in [0.5, 0.6) is 5.75 Å². The molecule has 3 fully saturated rings. The number of amides is 3. The molecule has 400 valence electrons. The Kier molecular flexibility index (Phi) is 13.7. The van der Waals surface area contributed by atoms with Crippen LogP contribution in [-0.4, -0.2) is 114 Å². The van der Waals surface area contributed by atoms with Gasteiger partial charge in [0.1, 0.15) is 48.6 Å². The number of fused-ring (bicyclic) bond motifs is 4. The van der Waals surface area contributed by atoms with Crippen LogP contribution < -0.4 is 14.5 Å². The molecule has 2 aromatic heterocycles. The van der Waals surface area contributed by atoms with E-state index in [1.165, 1.54) is 24.3 Å². The van der Waals surface area contributed by atoms with Crippen LogP contribution in [0.15, 0.2) is 170 Å². The number of cyclic esters (lactones) is 1. The number of carbonyl (C=O) groups excluding carboxylic acids is 4. The lowest BCUT2D eigenvalue weighted by molar-refractivity contribution is -0.384. The zero-order valence-electron chi connectivity index (χ0n) is 42.8. The number of morpholine rings is 1. The summed E-state index contributed by atoms with van der Waals surface area (Å²) >= 11 is 0. The minimum Gasteiger partial charge on any atom is -0.491 e. The third-order valence-electron chi connectivity index (χ3n) is 15.3. The summed E-state index contributed by atoms with van der Waals surface area (Å²) in [5.74, 6) is 3.66. The Bertz CT molecular complexity index is 3700. The predicted molar refractivity (Wildman–Crippen MR) is 289 cm³/mol. The number of esters is 1. The molecule has 6 aromatic carbocycles. The number of hydrogen-bond donors (Lipinski definition) is 1. The van der Waals surface area contributed by atoms with Crippen molar-refractivity contribution in [3.05, 3.63) is 214 Å². The first-order valence-corrected chi connectivity index (χ1v) is 26.0. The van der Waals surface area contributed by atoms with Gasteiger partial charge in [0.2, 0.25) is 17.8 Å². The summed E-state index contributed by atoms with van der Waals surface area (Å²) in [4.78, 5) is 90.6. The summed E-state index contributed by atoms with van der Waals surface area (Å²) in [6, 6.07) is 41.9. The van der Waals surface area contributed by atoms with Crippen LogP contribution in [0.4, 0.5) is 22.1 Å². The SMILES string of the molecule is O=C1O[C@@H](c2ccccc2)[C@@H](c2ccccc2)N2[C@@H](c3ccc(OCCO)cc3)[C@]3(C(=O)N(C(=O)OCc4ccc([N+](=O)[O-])cc4)c4ccc(C#CCn5nnc6ccccc65)cc43)[C@@H](C(=O)N3CCN(c4ncccn4)CC3)[C@H]12. The van der Waals surface area contributed by atoms with Gasteiger partial charge in [-0.3, -0.25) is 29.4 Å². The number of rotatable bonds is 12. The fourth-order valence-corrected chi connectivity index (χ4v) is 11.8. The molecule has 0 unspecified atom stereocenters. The second kappa shape index (κ2) is 21.5. The third kappa shape index (κ3) is 9.06. The molecule has 20 nitrogen and oxygen atoms in total. The highest BCUT2D eigenvalue weighted by molar-refractivity contribution is 6.23. The van der Waals surface area contributed by atoms with Gasteiger partial charge in [-0.25, -0.2) is 24.3 Å². The Labute approximate surface area is 457 Å². The number of anilines is 2. The third-order valence-corrected chi connectivity index (χ3v) is 15.3. The molecule has 1 N–H and O–H groups in total. The van der Waals surface area contributed by atoms with Gasteiger partial charge in [-0.15, -0.1) is 5.10 Å². The number of imide groups is 1. The highest BCUT2D eigenvalue weighted by Gasteiger charge is 2.76. The zero-order valence-corrected chi connectivity index (χ0v) is 42.8. The molecule has 8 aromatic rings. The lowest BCUT2D eigenvalue weighted by Crippen LogP contribution is -2.59. The molecule has 4 aliphatic heterocycles. The van der Waals surface area contributed by atoms with Crippen LogP contribution in [0.3, 0.4) is 0 Å². The van der Waals surface area contributed by atoms with Crippen molar-refractivity contribution in [3.8, 4) is 17.6 Å². The Morgan fingerprint density at radius 2 is 1.49 bits per heavy atom. The van der Waals surface area contributed by atoms with Crippen molar-refractivity contribution in [3.63, 3.8) is 0 Å². The second-order valence-electron chi connectivity index (χ2n) is 19.7. The van der Waals surface area contributed by atoms with Gasteiger partial charge < -0.3 is 29.1 Å². The Hall–Kier alpha value is -9.84. The molecule has 6 atom stereocenters. The van der Waals surface area contributed by atoms with Gasteiger partial charge in [0, 0.05) is 56.3 Å². The summed E-state index contributed by atoms with van der Waals surface area (Å²) < 4.78 is 20.2. The van der Waals surface area contributed by atoms with Gasteiger partial charge >= 0.3 is 12.1 Å². The largest absolute Gasteiger partial charge is 0.491 e. The molecule has 20 heteroatoms. The number of para-hydroxylation sites is 1. The fourth-order valence-electron chi connectivity index (χ4n) is 11.8. The van der Waals surface area contributed by atoms with Gasteiger partial charge in [-0.1, -0.05) is 102 Å². The molecule has 6 heterocycles. The van der Waals surface area contributed by atoms with E-state index < -0.39 is 64.4 Å². The number of piperazine rings is 1. The number of nitro benzene ring substituents is 1. The Balaban J connectivity index is 1.07. The lowest BCUT2D eigenvalue weighted by Gasteiger charge is -2.46. The molecule has 1 spiro atoms. The van der Waals surface area contributed by atoms with Crippen LogP contribution in [0.1, 0.15) is 51.6 Å². The van der Waals surface area contributed by atoms with Crippen molar-refractivity contribution in [1.82, 2.24) is 34.8 Å². The molecular formula is C60H50N10O10. The molecular weight excluding hydrogens is 1020 g/mol. The summed E-state index contributed by atoms with van der Waals surface area (Å²) in [6.45, 7) is 0.474. The first-order chi connectivity index (χ1) is 39.1. The summed E-state index contributed by atoms with van der Waals surface area (Å²) in [7, 11) is 0. The topological polar surface area (TPSA) is 229 Å². The molecule has 0 saturated carbocycles. The number of aromatic nitrogens is 5. The number of nitro groups is 1. The van der Waals surface area contributed by atoms with Crippen LogP contribution in [-0.2, 0) is 42.4 Å². The van der Waals surface area contributed by atoms with Crippen LogP contribution >= 0.6 is 0 Å². The predicted octanol–water partition coefficient (Wildman–Crippen LogP) is 6.90. The van der Waals surface area contributed by atoms with Crippen molar-refractivity contribution < 1.29 is 43.4 Å². The van der Waals surface area contributed by atoms with Crippen LogP contribution in [0, 0.1) is 27.9 Å². The van der Waals surface area contributed by atoms with Crippen LogP contribution in [0.25, 0.3) is 11.0 Å². The first-order valence-electron chi connectivity index (χ1n) is 26.0. The number of benzene rings is 6. The maximum atomic E-state index is 16.9. The van der Waals surface area contributed by atoms with Crippen molar-refractivity contribution in [2.24, 2.45) is 5.92 Å². The number of nitrogens with zero attached hydrogens (tertiary/aromatic N) is 10. The highest BCUT2D eigenvalue weighted by Crippen LogP contribution is 2.66. The molecule has 0 radical (unpaired) electrons. The monoisotopic (exact) mass is 1070 g/mol. The maximum Gasteiger partial charge on any atom is 0.421 e. The molecule has 3 saturated heterocycles. The summed E-state index contributed by atoms with van der Waals surface area (Å²) in [5.41, 5.74) is 2.20. The van der Waals surface area contributed by atoms with E-state index >= 15 is 19.2 Å². The summed E-state index contributed by atoms with van der Waals surface area (Å²) in [5, 5.41) is 29.8. The van der Waals surface area contributed by atoms with Crippen molar-refractivity contribution >= 4 is 52.2 Å². The second-order valence-corrected chi connectivity index (χ2v) is 19.7. The molecule has 3 amide bonds. The molecule has 80 heavy (non-hydrogen) atoms. The number of non-ortho nitro benzene ring substituents is 1. The van der Waals surface area contributed by atoms with Gasteiger partial charge in [-0.05, 0) is 88.5 Å². The fraction of sp³-hybridized carbons (Fsp3) is 0.233. The smallest absolute Gasteiger partial charge is 0.421 e. The molecule has 0 bridgehead atoms. The first kappa shape index (κ1) is 50.9. The normalized spacial score (nSPS) is 21.4. The van der Waals surface area contributed by atoms with E-state index in [9.17, 15) is 15.2 Å². The standard InChI is InChI=1S/C60H50N10O10/c71-35-36-78-45-25-21-43(22-26-45)54-60(46-37-39(11-9-30-67-49-17-8-7-16-47(49)63-64-67)20-27-48(46)68(57(60)74)59(75)79-38-40-18-23-44(24-19-40)70(76)77)50(55(72)65-31-33-66(34-32-65)58-61-28-10-29-62-58)52-56(73)80-53(42-14-5-2-6-15-42)51(69(52)54)41-12-3-1-4-13-41/h1-8,10,12-29,37,50-54,71H,30-36,38H2/t50-,51-,52-,53+,54+,60-/m1/s1. The van der Waals surface area contributed by atoms with Crippen molar-refractivity contribution in [1.29, 1.82) is 0 Å². The summed E-state index contributed by atoms with van der Waals surface area (Å²) in [6.07, 6.45) is 1.22. The van der Waals surface area contributed by atoms with Gasteiger partial charge in [0.25, 0.3) is 5.69 Å². The van der Waals surface area contributed by atoms with Crippen molar-refractivity contribution in [2.75, 3.05) is 49.2 Å². The number of carbonyl (C=O) groups is 4. The Morgan fingerprint density at radius 1 is 0.787 bits per heavy atom. The van der Waals surface area contributed by atoms with E-state index in [1.807, 2.05) is 94.7 Å².